The molecule has 0 saturated heterocycles. The Labute approximate surface area is 197 Å². The normalized spacial score (nSPS) is 16.1. The van der Waals surface area contributed by atoms with Crippen LogP contribution in [0.25, 0.3) is 6.08 Å². The Kier molecular flexibility index (Phi) is 6.97. The van der Waals surface area contributed by atoms with E-state index in [1.54, 1.807) is 0 Å². The van der Waals surface area contributed by atoms with Crippen molar-refractivity contribution in [2.24, 2.45) is 0 Å². The minimum absolute atomic E-state index is 0.0388. The number of carboxylic acid groups (broad SMARTS) is 1. The van der Waals surface area contributed by atoms with Crippen molar-refractivity contribution in [3.05, 3.63) is 95.1 Å². The van der Waals surface area contributed by atoms with Gasteiger partial charge >= 0.3 is 5.97 Å². The number of allylic oxidation sites excluding steroid dienone is 1. The lowest BCUT2D eigenvalue weighted by atomic mass is 9.86. The molecule has 174 valence electrons. The van der Waals surface area contributed by atoms with Gasteiger partial charge in [-0.3, -0.25) is 9.59 Å². The van der Waals surface area contributed by atoms with E-state index in [1.807, 2.05) is 72.8 Å². The van der Waals surface area contributed by atoms with Gasteiger partial charge in [-0.1, -0.05) is 72.8 Å². The molecule has 1 heterocycles. The highest BCUT2D eigenvalue weighted by molar-refractivity contribution is 6.03. The zero-order valence-electron chi connectivity index (χ0n) is 18.6. The number of fused-ring (bicyclic) bond motifs is 1. The summed E-state index contributed by atoms with van der Waals surface area (Å²) in [6.45, 7) is 0. The Morgan fingerprint density at radius 1 is 1.06 bits per heavy atom. The number of aromatic hydroxyl groups is 2. The SMILES string of the molecule is O=C(O)CCC[C@H](C=Cc1ccccc1)c1c(O)cc2c(c1O)C(=O)C[C@@H](c1ccccc1)O2. The van der Waals surface area contributed by atoms with Gasteiger partial charge < -0.3 is 20.1 Å². The van der Waals surface area contributed by atoms with E-state index < -0.39 is 18.0 Å². The van der Waals surface area contributed by atoms with Gasteiger partial charge in [0.2, 0.25) is 0 Å². The molecule has 34 heavy (non-hydrogen) atoms. The molecule has 0 fully saturated rings. The van der Waals surface area contributed by atoms with E-state index in [1.165, 1.54) is 6.07 Å². The number of hydrogen-bond acceptors (Lipinski definition) is 5. The van der Waals surface area contributed by atoms with Crippen molar-refractivity contribution >= 4 is 17.8 Å². The number of ether oxygens (including phenoxy) is 1. The fourth-order valence-electron chi connectivity index (χ4n) is 4.30. The van der Waals surface area contributed by atoms with Gasteiger partial charge in [0.25, 0.3) is 0 Å². The molecule has 0 aliphatic carbocycles. The highest BCUT2D eigenvalue weighted by Gasteiger charge is 2.34. The monoisotopic (exact) mass is 458 g/mol. The summed E-state index contributed by atoms with van der Waals surface area (Å²) in [5.74, 6) is -2.06. The molecule has 3 aromatic rings. The fraction of sp³-hybridized carbons (Fsp3) is 0.214. The second-order valence-electron chi connectivity index (χ2n) is 8.34. The van der Waals surface area contributed by atoms with Crippen LogP contribution in [0, 0.1) is 0 Å². The molecule has 6 heteroatoms. The topological polar surface area (TPSA) is 104 Å². The zero-order chi connectivity index (χ0) is 24.1. The van der Waals surface area contributed by atoms with Gasteiger partial charge in [-0.25, -0.2) is 0 Å². The standard InChI is InChI=1S/C28H26O6/c29-21-17-24-27(22(30)16-23(34-24)19-10-5-2-6-11-19)28(33)26(21)20(12-7-13-25(31)32)15-14-18-8-3-1-4-9-18/h1-6,8-11,14-15,17,20,23,29,33H,7,12-13,16H2,(H,31,32)/t20-,23+/m1/s1. The molecule has 3 aromatic carbocycles. The Morgan fingerprint density at radius 2 is 1.74 bits per heavy atom. The van der Waals surface area contributed by atoms with Crippen LogP contribution in [0.2, 0.25) is 0 Å². The maximum absolute atomic E-state index is 13.0. The highest BCUT2D eigenvalue weighted by Crippen LogP contribution is 2.48. The molecule has 0 saturated carbocycles. The number of carbonyl (C=O) groups is 2. The average Bonchev–Trinajstić information content (AvgIpc) is 2.82. The number of Topliss-reactive ketones (excluding diaryl/α,β-unsaturated/α-hetero) is 1. The number of ketones is 1. The highest BCUT2D eigenvalue weighted by atomic mass is 16.5. The number of phenols is 2. The summed E-state index contributed by atoms with van der Waals surface area (Å²) in [6, 6.07) is 20.2. The van der Waals surface area contributed by atoms with Crippen molar-refractivity contribution in [2.75, 3.05) is 0 Å². The summed E-state index contributed by atoms with van der Waals surface area (Å²) < 4.78 is 5.99. The Balaban J connectivity index is 1.69. The summed E-state index contributed by atoms with van der Waals surface area (Å²) >= 11 is 0. The number of carboxylic acids is 1. The molecule has 0 spiro atoms. The molecule has 3 N–H and O–H groups in total. The first-order valence-corrected chi connectivity index (χ1v) is 11.2. The maximum Gasteiger partial charge on any atom is 0.303 e. The van der Waals surface area contributed by atoms with Crippen molar-refractivity contribution in [1.29, 1.82) is 0 Å². The van der Waals surface area contributed by atoms with Crippen molar-refractivity contribution in [2.45, 2.75) is 37.7 Å². The van der Waals surface area contributed by atoms with E-state index in [4.69, 9.17) is 9.84 Å². The van der Waals surface area contributed by atoms with Crippen molar-refractivity contribution in [3.63, 3.8) is 0 Å². The lowest BCUT2D eigenvalue weighted by molar-refractivity contribution is -0.137. The van der Waals surface area contributed by atoms with Crippen LogP contribution in [0.15, 0.2) is 72.8 Å². The molecule has 0 aromatic heterocycles. The first-order chi connectivity index (χ1) is 16.4. The van der Waals surface area contributed by atoms with Gasteiger partial charge in [-0.2, -0.15) is 0 Å². The number of hydrogen-bond donors (Lipinski definition) is 3. The van der Waals surface area contributed by atoms with Crippen LogP contribution < -0.4 is 4.74 Å². The third kappa shape index (κ3) is 5.12. The summed E-state index contributed by atoms with van der Waals surface area (Å²) in [6.07, 6.45) is 3.91. The first-order valence-electron chi connectivity index (χ1n) is 11.2. The maximum atomic E-state index is 13.0. The lowest BCUT2D eigenvalue weighted by Gasteiger charge is -2.28. The van der Waals surface area contributed by atoms with Crippen LogP contribution in [-0.2, 0) is 4.79 Å². The van der Waals surface area contributed by atoms with Crippen molar-refractivity contribution in [3.8, 4) is 17.2 Å². The van der Waals surface area contributed by atoms with Crippen LogP contribution in [0.3, 0.4) is 0 Å². The van der Waals surface area contributed by atoms with Crippen LogP contribution >= 0.6 is 0 Å². The molecule has 1 aliphatic heterocycles. The number of carbonyl (C=O) groups excluding carboxylic acids is 1. The van der Waals surface area contributed by atoms with Crippen LogP contribution in [0.4, 0.5) is 0 Å². The molecule has 1 aliphatic rings. The van der Waals surface area contributed by atoms with Crippen LogP contribution in [-0.4, -0.2) is 27.1 Å². The van der Waals surface area contributed by atoms with Gasteiger partial charge in [0, 0.05) is 24.0 Å². The van der Waals surface area contributed by atoms with E-state index in [9.17, 15) is 19.8 Å². The molecule has 2 atom stereocenters. The molecule has 0 bridgehead atoms. The lowest BCUT2D eigenvalue weighted by Crippen LogP contribution is -2.21. The number of phenolic OH excluding ortho intramolecular Hbond substituents is 2. The van der Waals surface area contributed by atoms with E-state index >= 15 is 0 Å². The van der Waals surface area contributed by atoms with E-state index in [0.717, 1.165) is 11.1 Å². The molecule has 6 nitrogen and oxygen atoms in total. The van der Waals surface area contributed by atoms with Gasteiger partial charge in [0.1, 0.15) is 28.9 Å². The largest absolute Gasteiger partial charge is 0.507 e. The van der Waals surface area contributed by atoms with Gasteiger partial charge in [0.15, 0.2) is 5.78 Å². The average molecular weight is 459 g/mol. The number of benzene rings is 3. The van der Waals surface area contributed by atoms with E-state index in [-0.39, 0.29) is 47.0 Å². The third-order valence-corrected chi connectivity index (χ3v) is 5.97. The minimum atomic E-state index is -0.916. The fourth-order valence-corrected chi connectivity index (χ4v) is 4.30. The summed E-state index contributed by atoms with van der Waals surface area (Å²) in [5, 5.41) is 31.0. The molecule has 0 unspecified atom stereocenters. The Bertz CT molecular complexity index is 1200. The molecule has 0 radical (unpaired) electrons. The molecule has 0 amide bonds. The Morgan fingerprint density at radius 3 is 2.41 bits per heavy atom. The zero-order valence-corrected chi connectivity index (χ0v) is 18.6. The number of rotatable bonds is 8. The minimum Gasteiger partial charge on any atom is -0.507 e. The molecule has 4 rings (SSSR count). The summed E-state index contributed by atoms with van der Waals surface area (Å²) in [5.41, 5.74) is 2.01. The Hall–Kier alpha value is -4.06. The third-order valence-electron chi connectivity index (χ3n) is 5.97. The molecular formula is C28H26O6. The predicted octanol–water partition coefficient (Wildman–Crippen LogP) is 5.86. The second kappa shape index (κ2) is 10.3. The summed E-state index contributed by atoms with van der Waals surface area (Å²) in [4.78, 5) is 24.1. The second-order valence-corrected chi connectivity index (χ2v) is 8.34. The smallest absolute Gasteiger partial charge is 0.303 e. The summed E-state index contributed by atoms with van der Waals surface area (Å²) in [7, 11) is 0. The van der Waals surface area contributed by atoms with Crippen molar-refractivity contribution < 1.29 is 29.6 Å². The quantitative estimate of drug-likeness (QED) is 0.391. The predicted molar refractivity (Wildman–Crippen MR) is 128 cm³/mol. The van der Waals surface area contributed by atoms with Gasteiger partial charge in [-0.05, 0) is 24.0 Å². The van der Waals surface area contributed by atoms with Crippen LogP contribution in [0.1, 0.15) is 64.8 Å². The van der Waals surface area contributed by atoms with Gasteiger partial charge in [-0.15, -0.1) is 0 Å². The first kappa shape index (κ1) is 23.1. The number of aliphatic carboxylic acids is 1. The van der Waals surface area contributed by atoms with E-state index in [2.05, 4.69) is 0 Å². The van der Waals surface area contributed by atoms with Crippen LogP contribution in [0.5, 0.6) is 17.2 Å². The molecular weight excluding hydrogens is 432 g/mol. The van der Waals surface area contributed by atoms with Gasteiger partial charge in [0.05, 0.1) is 6.42 Å². The van der Waals surface area contributed by atoms with Crippen molar-refractivity contribution in [1.82, 2.24) is 0 Å². The van der Waals surface area contributed by atoms with E-state index in [0.29, 0.717) is 12.8 Å².